The first-order valence-electron chi connectivity index (χ1n) is 6.05. The molecule has 0 spiro atoms. The number of hydrogen-bond acceptors (Lipinski definition) is 0. The van der Waals surface area contributed by atoms with Crippen LogP contribution in [0.15, 0.2) is 48.6 Å². The quantitative estimate of drug-likeness (QED) is 0.493. The van der Waals surface area contributed by atoms with Gasteiger partial charge in [-0.2, -0.15) is 0 Å². The zero-order chi connectivity index (χ0) is 12.8. The van der Waals surface area contributed by atoms with E-state index in [1.165, 1.54) is 11.1 Å². The Balaban J connectivity index is 0. The van der Waals surface area contributed by atoms with Crippen molar-refractivity contribution in [2.45, 2.75) is 53.4 Å². The van der Waals surface area contributed by atoms with Crippen LogP contribution in [0.3, 0.4) is 0 Å². The summed E-state index contributed by atoms with van der Waals surface area (Å²) in [5.74, 6) is 0. The topological polar surface area (TPSA) is 0 Å². The van der Waals surface area contributed by atoms with Gasteiger partial charge in [-0.15, -0.1) is 13.2 Å². The molecule has 0 aliphatic rings. The molecule has 0 atom stereocenters. The molecule has 0 aromatic rings. The lowest BCUT2D eigenvalue weighted by atomic mass is 10.2. The van der Waals surface area contributed by atoms with E-state index >= 15 is 0 Å². The van der Waals surface area contributed by atoms with Gasteiger partial charge in [0, 0.05) is 0 Å². The molecule has 0 fully saturated rings. The van der Waals surface area contributed by atoms with Crippen LogP contribution >= 0.6 is 0 Å². The molecule has 0 amide bonds. The first kappa shape index (κ1) is 17.4. The van der Waals surface area contributed by atoms with E-state index in [1.54, 1.807) is 0 Å². The van der Waals surface area contributed by atoms with E-state index in [0.717, 1.165) is 25.7 Å². The highest BCUT2D eigenvalue weighted by molar-refractivity contribution is 4.92. The SMILES string of the molecule is C=C(C)CC/C=C/C.C=C(C)CC/C=C/C. The van der Waals surface area contributed by atoms with Crippen molar-refractivity contribution in [1.82, 2.24) is 0 Å². The van der Waals surface area contributed by atoms with Crippen molar-refractivity contribution in [3.8, 4) is 0 Å². The molecule has 0 rings (SSSR count). The monoisotopic (exact) mass is 220 g/mol. The first-order valence-corrected chi connectivity index (χ1v) is 6.05. The maximum atomic E-state index is 3.79. The highest BCUT2D eigenvalue weighted by Crippen LogP contribution is 2.00. The molecule has 0 aromatic carbocycles. The van der Waals surface area contributed by atoms with E-state index in [2.05, 4.69) is 51.3 Å². The maximum absolute atomic E-state index is 3.79. The Kier molecular flexibility index (Phi) is 15.1. The van der Waals surface area contributed by atoms with Gasteiger partial charge in [0.05, 0.1) is 0 Å². The Morgan fingerprint density at radius 1 is 0.812 bits per heavy atom. The van der Waals surface area contributed by atoms with Crippen molar-refractivity contribution in [2.24, 2.45) is 0 Å². The van der Waals surface area contributed by atoms with Crippen LogP contribution in [0, 0.1) is 0 Å². The molecule has 0 aromatic heterocycles. The van der Waals surface area contributed by atoms with Gasteiger partial charge in [-0.25, -0.2) is 0 Å². The van der Waals surface area contributed by atoms with E-state index < -0.39 is 0 Å². The molecule has 0 heterocycles. The largest absolute Gasteiger partial charge is 0.100 e. The summed E-state index contributed by atoms with van der Waals surface area (Å²) in [5, 5.41) is 0. The van der Waals surface area contributed by atoms with E-state index in [1.807, 2.05) is 13.8 Å². The van der Waals surface area contributed by atoms with Crippen molar-refractivity contribution in [3.05, 3.63) is 48.6 Å². The fourth-order valence-electron chi connectivity index (χ4n) is 0.993. The normalized spacial score (nSPS) is 10.2. The standard InChI is InChI=1S/2C8H14/c2*1-4-5-6-7-8(2)3/h2*4-5H,2,6-7H2,1,3H3/b2*5-4+. The molecular formula is C16H28. The van der Waals surface area contributed by atoms with Crippen LogP contribution < -0.4 is 0 Å². The molecule has 92 valence electrons. The fraction of sp³-hybridized carbons (Fsp3) is 0.500. The van der Waals surface area contributed by atoms with Crippen molar-refractivity contribution in [2.75, 3.05) is 0 Å². The Hall–Kier alpha value is -1.04. The summed E-state index contributed by atoms with van der Waals surface area (Å²) in [5.41, 5.74) is 2.53. The molecule has 0 saturated carbocycles. The highest BCUT2D eigenvalue weighted by atomic mass is 13.9. The molecule has 16 heavy (non-hydrogen) atoms. The van der Waals surface area contributed by atoms with Crippen LogP contribution in [-0.2, 0) is 0 Å². The lowest BCUT2D eigenvalue weighted by molar-refractivity contribution is 0.982. The Bertz CT molecular complexity index is 202. The molecule has 0 nitrogen and oxygen atoms in total. The van der Waals surface area contributed by atoms with E-state index in [9.17, 15) is 0 Å². The second kappa shape index (κ2) is 14.0. The van der Waals surface area contributed by atoms with Crippen molar-refractivity contribution >= 4 is 0 Å². The minimum Gasteiger partial charge on any atom is -0.100 e. The predicted molar refractivity (Wildman–Crippen MR) is 77.7 cm³/mol. The molecule has 0 aliphatic carbocycles. The summed E-state index contributed by atoms with van der Waals surface area (Å²) in [6.45, 7) is 15.8. The third-order valence-electron chi connectivity index (χ3n) is 1.95. The van der Waals surface area contributed by atoms with E-state index in [0.29, 0.717) is 0 Å². The Labute approximate surface area is 102 Å². The average molecular weight is 220 g/mol. The third kappa shape index (κ3) is 23.1. The molecule has 0 unspecified atom stereocenters. The van der Waals surface area contributed by atoms with Gasteiger partial charge in [-0.05, 0) is 53.4 Å². The van der Waals surface area contributed by atoms with Crippen LogP contribution in [0.25, 0.3) is 0 Å². The average Bonchev–Trinajstić information content (AvgIpc) is 2.18. The fourth-order valence-corrected chi connectivity index (χ4v) is 0.993. The van der Waals surface area contributed by atoms with Gasteiger partial charge in [0.2, 0.25) is 0 Å². The smallest absolute Gasteiger partial charge is 0.0291 e. The minimum absolute atomic E-state index is 1.13. The van der Waals surface area contributed by atoms with E-state index in [-0.39, 0.29) is 0 Å². The van der Waals surface area contributed by atoms with Gasteiger partial charge in [0.1, 0.15) is 0 Å². The summed E-state index contributed by atoms with van der Waals surface area (Å²) in [7, 11) is 0. The lowest BCUT2D eigenvalue weighted by Crippen LogP contribution is -1.69. The van der Waals surface area contributed by atoms with Gasteiger partial charge < -0.3 is 0 Å². The molecule has 0 bridgehead atoms. The number of hydrogen-bond donors (Lipinski definition) is 0. The summed E-state index contributed by atoms with van der Waals surface area (Å²) < 4.78 is 0. The predicted octanol–water partition coefficient (Wildman–Crippen LogP) is 5.84. The molecule has 0 N–H and O–H groups in total. The minimum atomic E-state index is 1.13. The Morgan fingerprint density at radius 3 is 1.31 bits per heavy atom. The van der Waals surface area contributed by atoms with Gasteiger partial charge >= 0.3 is 0 Å². The van der Waals surface area contributed by atoms with Crippen LogP contribution in [-0.4, -0.2) is 0 Å². The summed E-state index contributed by atoms with van der Waals surface area (Å²) in [6.07, 6.45) is 13.0. The molecule has 0 saturated heterocycles. The second-order valence-corrected chi connectivity index (χ2v) is 4.13. The zero-order valence-corrected chi connectivity index (χ0v) is 11.6. The van der Waals surface area contributed by atoms with Gasteiger partial charge in [-0.1, -0.05) is 35.5 Å². The maximum Gasteiger partial charge on any atom is -0.0291 e. The van der Waals surface area contributed by atoms with Gasteiger partial charge in [0.25, 0.3) is 0 Å². The Morgan fingerprint density at radius 2 is 1.12 bits per heavy atom. The van der Waals surface area contributed by atoms with Crippen LogP contribution in [0.1, 0.15) is 53.4 Å². The zero-order valence-electron chi connectivity index (χ0n) is 11.6. The second-order valence-electron chi connectivity index (χ2n) is 4.13. The molecular weight excluding hydrogens is 192 g/mol. The summed E-state index contributed by atoms with van der Waals surface area (Å²) in [4.78, 5) is 0. The van der Waals surface area contributed by atoms with Gasteiger partial charge in [0.15, 0.2) is 0 Å². The molecule has 0 radical (unpaired) electrons. The number of rotatable bonds is 6. The van der Waals surface area contributed by atoms with Crippen LogP contribution in [0.2, 0.25) is 0 Å². The third-order valence-corrected chi connectivity index (χ3v) is 1.95. The lowest BCUT2D eigenvalue weighted by Gasteiger charge is -1.90. The van der Waals surface area contributed by atoms with Gasteiger partial charge in [-0.3, -0.25) is 0 Å². The first-order chi connectivity index (χ1) is 7.54. The van der Waals surface area contributed by atoms with Crippen molar-refractivity contribution in [1.29, 1.82) is 0 Å². The van der Waals surface area contributed by atoms with Crippen LogP contribution in [0.4, 0.5) is 0 Å². The van der Waals surface area contributed by atoms with Crippen molar-refractivity contribution < 1.29 is 0 Å². The molecule has 0 aliphatic heterocycles. The van der Waals surface area contributed by atoms with Crippen molar-refractivity contribution in [3.63, 3.8) is 0 Å². The highest BCUT2D eigenvalue weighted by Gasteiger charge is 1.80. The summed E-state index contributed by atoms with van der Waals surface area (Å²) in [6, 6.07) is 0. The van der Waals surface area contributed by atoms with Crippen LogP contribution in [0.5, 0.6) is 0 Å². The van der Waals surface area contributed by atoms with E-state index in [4.69, 9.17) is 0 Å². The summed E-state index contributed by atoms with van der Waals surface area (Å²) >= 11 is 0. The molecule has 0 heteroatoms. The number of allylic oxidation sites excluding steroid dienone is 6.